The highest BCUT2D eigenvalue weighted by molar-refractivity contribution is 6.31. The van der Waals surface area contributed by atoms with Crippen molar-refractivity contribution in [1.29, 1.82) is 0 Å². The molecule has 0 aliphatic carbocycles. The number of nitrogens with one attached hydrogen (secondary N) is 2. The topological polar surface area (TPSA) is 41.1 Å². The van der Waals surface area contributed by atoms with Gasteiger partial charge in [0, 0.05) is 23.7 Å². The second-order valence-corrected chi connectivity index (χ2v) is 5.19. The van der Waals surface area contributed by atoms with Crippen molar-refractivity contribution in [3.63, 3.8) is 0 Å². The quantitative estimate of drug-likeness (QED) is 0.857. The molecule has 2 N–H and O–H groups in total. The highest BCUT2D eigenvalue weighted by Gasteiger charge is 2.11. The number of aryl methyl sites for hydroxylation is 1. The lowest BCUT2D eigenvalue weighted by molar-refractivity contribution is -0.116. The van der Waals surface area contributed by atoms with E-state index in [-0.39, 0.29) is 6.42 Å². The average Bonchev–Trinajstić information content (AvgIpc) is 2.47. The van der Waals surface area contributed by atoms with Gasteiger partial charge in [-0.3, -0.25) is 4.79 Å². The Bertz CT molecular complexity index is 672. The molecule has 2 aromatic carbocycles. The van der Waals surface area contributed by atoms with Crippen molar-refractivity contribution in [3.05, 3.63) is 58.6 Å². The van der Waals surface area contributed by atoms with Gasteiger partial charge in [0.15, 0.2) is 0 Å². The first-order chi connectivity index (χ1) is 10.5. The molecule has 0 heterocycles. The van der Waals surface area contributed by atoms with Crippen LogP contribution < -0.4 is 10.6 Å². The van der Waals surface area contributed by atoms with Gasteiger partial charge in [0.1, 0.15) is 17.3 Å². The molecule has 6 heteroatoms. The average molecular weight is 325 g/mol. The molecule has 2 rings (SSSR count). The van der Waals surface area contributed by atoms with Gasteiger partial charge < -0.3 is 10.6 Å². The van der Waals surface area contributed by atoms with E-state index in [0.29, 0.717) is 11.6 Å². The molecule has 3 nitrogen and oxygen atoms in total. The number of halogens is 3. The Kier molecular flexibility index (Phi) is 5.33. The molecule has 22 heavy (non-hydrogen) atoms. The van der Waals surface area contributed by atoms with E-state index in [9.17, 15) is 13.6 Å². The predicted octanol–water partition coefficient (Wildman–Crippen LogP) is 4.37. The van der Waals surface area contributed by atoms with Crippen LogP contribution in [0.1, 0.15) is 12.0 Å². The van der Waals surface area contributed by atoms with E-state index in [4.69, 9.17) is 11.6 Å². The van der Waals surface area contributed by atoms with Crippen molar-refractivity contribution >= 4 is 28.9 Å². The van der Waals surface area contributed by atoms with Gasteiger partial charge in [-0.15, -0.1) is 0 Å². The molecule has 0 saturated carbocycles. The molecule has 0 spiro atoms. The summed E-state index contributed by atoms with van der Waals surface area (Å²) in [6.45, 7) is 2.21. The fourth-order valence-corrected chi connectivity index (χ4v) is 2.02. The Hall–Kier alpha value is -2.14. The van der Waals surface area contributed by atoms with Gasteiger partial charge in [0.25, 0.3) is 0 Å². The number of carbonyl (C=O) groups excluding carboxylic acids is 1. The van der Waals surface area contributed by atoms with Gasteiger partial charge in [-0.05, 0) is 36.8 Å². The molecule has 0 aliphatic heterocycles. The fourth-order valence-electron chi connectivity index (χ4n) is 1.84. The SMILES string of the molecule is Cc1ccc(NCCC(=O)Nc2c(F)cccc2F)cc1Cl. The van der Waals surface area contributed by atoms with Crippen molar-refractivity contribution < 1.29 is 13.6 Å². The number of benzene rings is 2. The number of hydrogen-bond donors (Lipinski definition) is 2. The minimum atomic E-state index is -0.799. The Labute approximate surface area is 132 Å². The molecule has 0 fully saturated rings. The Morgan fingerprint density at radius 1 is 1.18 bits per heavy atom. The van der Waals surface area contributed by atoms with Crippen LogP contribution >= 0.6 is 11.6 Å². The van der Waals surface area contributed by atoms with E-state index in [2.05, 4.69) is 10.6 Å². The van der Waals surface area contributed by atoms with Crippen LogP contribution in [0.2, 0.25) is 5.02 Å². The summed E-state index contributed by atoms with van der Waals surface area (Å²) < 4.78 is 26.8. The summed E-state index contributed by atoms with van der Waals surface area (Å²) in [4.78, 5) is 11.7. The number of rotatable bonds is 5. The molecule has 0 aliphatic rings. The maximum atomic E-state index is 13.4. The molecule has 0 aromatic heterocycles. The molecular weight excluding hydrogens is 310 g/mol. The third kappa shape index (κ3) is 4.18. The van der Waals surface area contributed by atoms with Gasteiger partial charge in [0.05, 0.1) is 0 Å². The van der Waals surface area contributed by atoms with Crippen LogP contribution in [0.25, 0.3) is 0 Å². The fraction of sp³-hybridized carbons (Fsp3) is 0.188. The zero-order valence-electron chi connectivity index (χ0n) is 11.9. The number of para-hydroxylation sites is 1. The minimum Gasteiger partial charge on any atom is -0.384 e. The largest absolute Gasteiger partial charge is 0.384 e. The second-order valence-electron chi connectivity index (χ2n) is 4.79. The van der Waals surface area contributed by atoms with Gasteiger partial charge in [-0.2, -0.15) is 0 Å². The summed E-state index contributed by atoms with van der Waals surface area (Å²) in [5.74, 6) is -2.08. The smallest absolute Gasteiger partial charge is 0.226 e. The monoisotopic (exact) mass is 324 g/mol. The molecular formula is C16H15ClF2N2O. The van der Waals surface area contributed by atoms with E-state index in [1.165, 1.54) is 6.07 Å². The van der Waals surface area contributed by atoms with Gasteiger partial charge in [-0.25, -0.2) is 8.78 Å². The number of anilines is 2. The maximum Gasteiger partial charge on any atom is 0.226 e. The van der Waals surface area contributed by atoms with E-state index in [0.717, 1.165) is 23.4 Å². The molecule has 0 atom stereocenters. The number of hydrogen-bond acceptors (Lipinski definition) is 2. The molecule has 1 amide bonds. The number of amides is 1. The first-order valence-electron chi connectivity index (χ1n) is 6.71. The third-order valence-corrected chi connectivity index (χ3v) is 3.49. The molecule has 0 saturated heterocycles. The standard InChI is InChI=1S/C16H15ClF2N2O/c1-10-5-6-11(9-12(10)17)20-8-7-15(22)21-16-13(18)3-2-4-14(16)19/h2-6,9,20H,7-8H2,1H3,(H,21,22). The van der Waals surface area contributed by atoms with Crippen LogP contribution in [0.5, 0.6) is 0 Å². The predicted molar refractivity (Wildman–Crippen MR) is 84.3 cm³/mol. The van der Waals surface area contributed by atoms with Crippen LogP contribution in [-0.2, 0) is 4.79 Å². The van der Waals surface area contributed by atoms with Crippen molar-refractivity contribution in [2.45, 2.75) is 13.3 Å². The first kappa shape index (κ1) is 16.2. The lowest BCUT2D eigenvalue weighted by atomic mass is 10.2. The first-order valence-corrected chi connectivity index (χ1v) is 7.09. The normalized spacial score (nSPS) is 10.4. The molecule has 2 aromatic rings. The summed E-state index contributed by atoms with van der Waals surface area (Å²) in [7, 11) is 0. The lowest BCUT2D eigenvalue weighted by Crippen LogP contribution is -2.17. The van der Waals surface area contributed by atoms with Crippen molar-refractivity contribution in [1.82, 2.24) is 0 Å². The highest BCUT2D eigenvalue weighted by atomic mass is 35.5. The molecule has 0 bridgehead atoms. The summed E-state index contributed by atoms with van der Waals surface area (Å²) in [5.41, 5.74) is 1.31. The van der Waals surface area contributed by atoms with Crippen LogP contribution in [0.4, 0.5) is 20.2 Å². The van der Waals surface area contributed by atoms with Crippen LogP contribution in [0.3, 0.4) is 0 Å². The third-order valence-electron chi connectivity index (χ3n) is 3.08. The maximum absolute atomic E-state index is 13.4. The van der Waals surface area contributed by atoms with Crippen molar-refractivity contribution in [3.8, 4) is 0 Å². The lowest BCUT2D eigenvalue weighted by Gasteiger charge is -2.09. The van der Waals surface area contributed by atoms with Gasteiger partial charge >= 0.3 is 0 Å². The summed E-state index contributed by atoms with van der Waals surface area (Å²) >= 11 is 5.99. The van der Waals surface area contributed by atoms with Crippen molar-refractivity contribution in [2.24, 2.45) is 0 Å². The zero-order valence-corrected chi connectivity index (χ0v) is 12.7. The Balaban J connectivity index is 1.86. The van der Waals surface area contributed by atoms with Crippen LogP contribution in [-0.4, -0.2) is 12.5 Å². The van der Waals surface area contributed by atoms with Crippen LogP contribution in [0.15, 0.2) is 36.4 Å². The summed E-state index contributed by atoms with van der Waals surface area (Å²) in [5, 5.41) is 5.88. The summed E-state index contributed by atoms with van der Waals surface area (Å²) in [6.07, 6.45) is 0.0687. The molecule has 0 radical (unpaired) electrons. The second kappa shape index (κ2) is 7.22. The van der Waals surface area contributed by atoms with Crippen molar-refractivity contribution in [2.75, 3.05) is 17.2 Å². The molecule has 116 valence electrons. The van der Waals surface area contributed by atoms with E-state index < -0.39 is 23.2 Å². The Morgan fingerprint density at radius 3 is 2.50 bits per heavy atom. The van der Waals surface area contributed by atoms with Crippen LogP contribution in [0, 0.1) is 18.6 Å². The van der Waals surface area contributed by atoms with Gasteiger partial charge in [0.2, 0.25) is 5.91 Å². The summed E-state index contributed by atoms with van der Waals surface area (Å²) in [6, 6.07) is 8.87. The zero-order chi connectivity index (χ0) is 16.1. The van der Waals surface area contributed by atoms with E-state index >= 15 is 0 Å². The Morgan fingerprint density at radius 2 is 1.86 bits per heavy atom. The highest BCUT2D eigenvalue weighted by Crippen LogP contribution is 2.20. The minimum absolute atomic E-state index is 0.0687. The van der Waals surface area contributed by atoms with E-state index in [1.807, 2.05) is 19.1 Å². The van der Waals surface area contributed by atoms with E-state index in [1.54, 1.807) is 6.07 Å². The molecule has 0 unspecified atom stereocenters. The van der Waals surface area contributed by atoms with Gasteiger partial charge in [-0.1, -0.05) is 23.7 Å². The number of carbonyl (C=O) groups is 1.